The molecule has 0 spiro atoms. The first-order valence-electron chi connectivity index (χ1n) is 5.17. The van der Waals surface area contributed by atoms with E-state index >= 15 is 0 Å². The molecular weight excluding hydrogens is 252 g/mol. The van der Waals surface area contributed by atoms with Gasteiger partial charge in [0, 0.05) is 11.0 Å². The van der Waals surface area contributed by atoms with Crippen molar-refractivity contribution in [3.63, 3.8) is 0 Å². The maximum Gasteiger partial charge on any atom is 0.0585 e. The van der Waals surface area contributed by atoms with E-state index in [4.69, 9.17) is 5.73 Å². The zero-order chi connectivity index (χ0) is 11.5. The second-order valence-corrected chi connectivity index (χ2v) is 5.88. The molecule has 3 heteroatoms. The SMILES string of the molecule is CC(C)(C)CCNc1cc(Br)ccc1N. The highest BCUT2D eigenvalue weighted by atomic mass is 79.9. The summed E-state index contributed by atoms with van der Waals surface area (Å²) in [6.07, 6.45) is 1.12. The molecule has 0 heterocycles. The molecule has 15 heavy (non-hydrogen) atoms. The van der Waals surface area contributed by atoms with Crippen molar-refractivity contribution in [2.24, 2.45) is 5.41 Å². The first-order valence-corrected chi connectivity index (χ1v) is 5.97. The lowest BCUT2D eigenvalue weighted by molar-refractivity contribution is 0.390. The first-order chi connectivity index (χ1) is 6.88. The van der Waals surface area contributed by atoms with Crippen molar-refractivity contribution in [1.29, 1.82) is 0 Å². The van der Waals surface area contributed by atoms with E-state index in [0.717, 1.165) is 28.8 Å². The summed E-state index contributed by atoms with van der Waals surface area (Å²) < 4.78 is 1.05. The van der Waals surface area contributed by atoms with Gasteiger partial charge in [0.05, 0.1) is 11.4 Å². The number of anilines is 2. The number of hydrogen-bond acceptors (Lipinski definition) is 2. The Bertz CT molecular complexity index is 329. The van der Waals surface area contributed by atoms with Crippen molar-refractivity contribution in [1.82, 2.24) is 0 Å². The van der Waals surface area contributed by atoms with Crippen molar-refractivity contribution in [2.45, 2.75) is 27.2 Å². The minimum absolute atomic E-state index is 0.355. The van der Waals surface area contributed by atoms with Gasteiger partial charge in [-0.1, -0.05) is 36.7 Å². The molecule has 1 rings (SSSR count). The van der Waals surface area contributed by atoms with Crippen LogP contribution < -0.4 is 11.1 Å². The molecule has 1 aromatic rings. The second kappa shape index (κ2) is 4.88. The lowest BCUT2D eigenvalue weighted by Crippen LogP contribution is -2.13. The minimum atomic E-state index is 0.355. The number of nitrogens with two attached hydrogens (primary N) is 1. The van der Waals surface area contributed by atoms with Crippen molar-refractivity contribution in [3.05, 3.63) is 22.7 Å². The van der Waals surface area contributed by atoms with Crippen LogP contribution in [-0.4, -0.2) is 6.54 Å². The van der Waals surface area contributed by atoms with Crippen LogP contribution in [0.2, 0.25) is 0 Å². The molecule has 0 bridgehead atoms. The zero-order valence-corrected chi connectivity index (χ0v) is 11.2. The third-order valence-electron chi connectivity index (χ3n) is 2.21. The van der Waals surface area contributed by atoms with E-state index in [2.05, 4.69) is 42.0 Å². The van der Waals surface area contributed by atoms with Gasteiger partial charge < -0.3 is 11.1 Å². The highest BCUT2D eigenvalue weighted by Crippen LogP contribution is 2.24. The number of hydrogen-bond donors (Lipinski definition) is 2. The van der Waals surface area contributed by atoms with E-state index in [-0.39, 0.29) is 0 Å². The quantitative estimate of drug-likeness (QED) is 0.819. The summed E-state index contributed by atoms with van der Waals surface area (Å²) in [5.74, 6) is 0. The molecule has 0 aliphatic heterocycles. The number of rotatable bonds is 3. The zero-order valence-electron chi connectivity index (χ0n) is 9.60. The highest BCUT2D eigenvalue weighted by molar-refractivity contribution is 9.10. The van der Waals surface area contributed by atoms with Gasteiger partial charge in [-0.25, -0.2) is 0 Å². The Labute approximate surface area is 100 Å². The predicted molar refractivity (Wildman–Crippen MR) is 71.1 cm³/mol. The van der Waals surface area contributed by atoms with Crippen molar-refractivity contribution < 1.29 is 0 Å². The fourth-order valence-electron chi connectivity index (χ4n) is 1.25. The standard InChI is InChI=1S/C12H19BrN2/c1-12(2,3)6-7-15-11-8-9(13)4-5-10(11)14/h4-5,8,15H,6-7,14H2,1-3H3. The molecule has 2 nitrogen and oxygen atoms in total. The minimum Gasteiger partial charge on any atom is -0.397 e. The molecule has 0 amide bonds. The Balaban J connectivity index is 2.54. The monoisotopic (exact) mass is 270 g/mol. The van der Waals surface area contributed by atoms with E-state index in [9.17, 15) is 0 Å². The molecule has 84 valence electrons. The fourth-order valence-corrected chi connectivity index (χ4v) is 1.61. The van der Waals surface area contributed by atoms with Gasteiger partial charge in [0.2, 0.25) is 0 Å². The van der Waals surface area contributed by atoms with Gasteiger partial charge in [0.25, 0.3) is 0 Å². The Kier molecular flexibility index (Phi) is 4.03. The van der Waals surface area contributed by atoms with Crippen LogP contribution >= 0.6 is 15.9 Å². The van der Waals surface area contributed by atoms with Gasteiger partial charge in [0.15, 0.2) is 0 Å². The van der Waals surface area contributed by atoms with E-state index < -0.39 is 0 Å². The van der Waals surface area contributed by atoms with Crippen LogP contribution in [0.3, 0.4) is 0 Å². The molecule has 0 fully saturated rings. The number of nitrogen functional groups attached to an aromatic ring is 1. The third-order valence-corrected chi connectivity index (χ3v) is 2.70. The summed E-state index contributed by atoms with van der Waals surface area (Å²) in [5.41, 5.74) is 8.02. The fraction of sp³-hybridized carbons (Fsp3) is 0.500. The number of benzene rings is 1. The van der Waals surface area contributed by atoms with E-state index in [1.165, 1.54) is 0 Å². The van der Waals surface area contributed by atoms with Crippen LogP contribution in [0.5, 0.6) is 0 Å². The molecule has 0 atom stereocenters. The summed E-state index contributed by atoms with van der Waals surface area (Å²) in [6, 6.07) is 5.87. The van der Waals surface area contributed by atoms with E-state index in [0.29, 0.717) is 5.41 Å². The molecule has 0 aliphatic carbocycles. The van der Waals surface area contributed by atoms with Crippen molar-refractivity contribution in [3.8, 4) is 0 Å². The predicted octanol–water partition coefficient (Wildman–Crippen LogP) is 3.88. The summed E-state index contributed by atoms with van der Waals surface area (Å²) in [6.45, 7) is 7.65. The lowest BCUT2D eigenvalue weighted by atomic mass is 9.92. The van der Waals surface area contributed by atoms with Crippen LogP contribution in [0.15, 0.2) is 22.7 Å². The lowest BCUT2D eigenvalue weighted by Gasteiger charge is -2.19. The average Bonchev–Trinajstić information content (AvgIpc) is 2.09. The van der Waals surface area contributed by atoms with Crippen LogP contribution in [0.4, 0.5) is 11.4 Å². The number of halogens is 1. The average molecular weight is 271 g/mol. The van der Waals surface area contributed by atoms with Gasteiger partial charge in [-0.05, 0) is 30.0 Å². The second-order valence-electron chi connectivity index (χ2n) is 4.97. The molecule has 0 aliphatic rings. The largest absolute Gasteiger partial charge is 0.397 e. The Morgan fingerprint density at radius 3 is 2.60 bits per heavy atom. The molecule has 3 N–H and O–H groups in total. The summed E-state index contributed by atoms with van der Waals surface area (Å²) in [7, 11) is 0. The third kappa shape index (κ3) is 4.56. The summed E-state index contributed by atoms with van der Waals surface area (Å²) in [5, 5.41) is 3.36. The van der Waals surface area contributed by atoms with E-state index in [1.54, 1.807) is 0 Å². The van der Waals surface area contributed by atoms with Crippen LogP contribution in [0.25, 0.3) is 0 Å². The molecule has 0 aromatic heterocycles. The molecule has 1 aromatic carbocycles. The Morgan fingerprint density at radius 2 is 2.00 bits per heavy atom. The highest BCUT2D eigenvalue weighted by Gasteiger charge is 2.09. The molecule has 0 saturated carbocycles. The van der Waals surface area contributed by atoms with Crippen molar-refractivity contribution in [2.75, 3.05) is 17.6 Å². The number of nitrogens with one attached hydrogen (secondary N) is 1. The van der Waals surface area contributed by atoms with Gasteiger partial charge in [-0.2, -0.15) is 0 Å². The van der Waals surface area contributed by atoms with Gasteiger partial charge in [-0.3, -0.25) is 0 Å². The summed E-state index contributed by atoms with van der Waals surface area (Å²) >= 11 is 3.43. The molecular formula is C12H19BrN2. The molecule has 0 saturated heterocycles. The van der Waals surface area contributed by atoms with Gasteiger partial charge in [0.1, 0.15) is 0 Å². The smallest absolute Gasteiger partial charge is 0.0585 e. The van der Waals surface area contributed by atoms with Gasteiger partial charge >= 0.3 is 0 Å². The van der Waals surface area contributed by atoms with Crippen LogP contribution in [-0.2, 0) is 0 Å². The first kappa shape index (κ1) is 12.4. The maximum absolute atomic E-state index is 5.86. The van der Waals surface area contributed by atoms with Crippen molar-refractivity contribution >= 4 is 27.3 Å². The summed E-state index contributed by atoms with van der Waals surface area (Å²) in [4.78, 5) is 0. The van der Waals surface area contributed by atoms with Crippen LogP contribution in [0.1, 0.15) is 27.2 Å². The Hall–Kier alpha value is -0.700. The molecule has 0 unspecified atom stereocenters. The van der Waals surface area contributed by atoms with Crippen LogP contribution in [0, 0.1) is 5.41 Å². The normalized spacial score (nSPS) is 11.5. The van der Waals surface area contributed by atoms with E-state index in [1.807, 2.05) is 18.2 Å². The Morgan fingerprint density at radius 1 is 1.33 bits per heavy atom. The molecule has 0 radical (unpaired) electrons. The van der Waals surface area contributed by atoms with Gasteiger partial charge in [-0.15, -0.1) is 0 Å². The maximum atomic E-state index is 5.86. The topological polar surface area (TPSA) is 38.0 Å².